The molecule has 2 amide bonds. The molecule has 3 aliphatic rings. The Morgan fingerprint density at radius 3 is 2.48 bits per heavy atom. The van der Waals surface area contributed by atoms with E-state index < -0.39 is 0 Å². The Balaban J connectivity index is 1.52. The highest BCUT2D eigenvalue weighted by Gasteiger charge is 2.72. The molecule has 4 atom stereocenters. The van der Waals surface area contributed by atoms with Crippen LogP contribution in [0.3, 0.4) is 0 Å². The number of amides is 2. The van der Waals surface area contributed by atoms with Crippen LogP contribution in [0.1, 0.15) is 52.9 Å². The van der Waals surface area contributed by atoms with Gasteiger partial charge in [0.25, 0.3) is 0 Å². The van der Waals surface area contributed by atoms with E-state index in [1.54, 1.807) is 4.90 Å². The molecule has 3 rings (SSSR count). The molecule has 4 nitrogen and oxygen atoms in total. The minimum atomic E-state index is -0.0801. The van der Waals surface area contributed by atoms with Gasteiger partial charge in [0.1, 0.15) is 0 Å². The minimum absolute atomic E-state index is 0.0254. The second-order valence-electron chi connectivity index (χ2n) is 7.65. The van der Waals surface area contributed by atoms with Crippen molar-refractivity contribution in [2.75, 3.05) is 13.1 Å². The van der Waals surface area contributed by atoms with E-state index in [0.29, 0.717) is 18.5 Å². The summed E-state index contributed by atoms with van der Waals surface area (Å²) < 4.78 is 0. The molecule has 0 spiro atoms. The van der Waals surface area contributed by atoms with Gasteiger partial charge in [-0.05, 0) is 43.6 Å². The van der Waals surface area contributed by atoms with Crippen LogP contribution in [-0.4, -0.2) is 35.8 Å². The Morgan fingerprint density at radius 2 is 1.86 bits per heavy atom. The molecule has 0 radical (unpaired) electrons. The highest BCUT2D eigenvalue weighted by atomic mass is 16.2. The van der Waals surface area contributed by atoms with Crippen LogP contribution in [0.2, 0.25) is 0 Å². The minimum Gasteiger partial charge on any atom is -0.314 e. The van der Waals surface area contributed by atoms with Crippen molar-refractivity contribution in [1.82, 2.24) is 10.2 Å². The average molecular weight is 292 g/mol. The van der Waals surface area contributed by atoms with Crippen LogP contribution in [0.15, 0.2) is 0 Å². The van der Waals surface area contributed by atoms with Crippen molar-refractivity contribution in [2.45, 2.75) is 58.9 Å². The van der Waals surface area contributed by atoms with Crippen LogP contribution < -0.4 is 5.32 Å². The predicted molar refractivity (Wildman–Crippen MR) is 81.5 cm³/mol. The van der Waals surface area contributed by atoms with Gasteiger partial charge in [-0.1, -0.05) is 27.2 Å². The fourth-order valence-electron chi connectivity index (χ4n) is 4.50. The number of likely N-dealkylation sites (tertiary alicyclic amines) is 1. The first-order valence-corrected chi connectivity index (χ1v) is 8.57. The number of nitrogens with one attached hydrogen (secondary N) is 1. The number of carbonyl (C=O) groups is 2. The van der Waals surface area contributed by atoms with Crippen LogP contribution in [0.25, 0.3) is 0 Å². The lowest BCUT2D eigenvalue weighted by Gasteiger charge is -2.25. The van der Waals surface area contributed by atoms with E-state index >= 15 is 0 Å². The highest BCUT2D eigenvalue weighted by Crippen LogP contribution is 2.63. The topological polar surface area (TPSA) is 49.4 Å². The summed E-state index contributed by atoms with van der Waals surface area (Å²) in [4.78, 5) is 26.2. The van der Waals surface area contributed by atoms with E-state index in [-0.39, 0.29) is 29.1 Å². The lowest BCUT2D eigenvalue weighted by atomic mass is 9.98. The number of carbonyl (C=O) groups excluding carboxylic acids is 2. The molecule has 2 saturated carbocycles. The Morgan fingerprint density at radius 1 is 1.19 bits per heavy atom. The number of fused-ring (bicyclic) bond motifs is 1. The Kier molecular flexibility index (Phi) is 3.85. The molecule has 118 valence electrons. The molecule has 21 heavy (non-hydrogen) atoms. The number of hydrogen-bond donors (Lipinski definition) is 1. The van der Waals surface area contributed by atoms with Gasteiger partial charge in [0.2, 0.25) is 11.8 Å². The number of imide groups is 1. The third-order valence-electron chi connectivity index (χ3n) is 5.93. The van der Waals surface area contributed by atoms with Gasteiger partial charge in [-0.2, -0.15) is 0 Å². The number of piperidine rings is 1. The van der Waals surface area contributed by atoms with E-state index in [0.717, 1.165) is 19.4 Å². The summed E-state index contributed by atoms with van der Waals surface area (Å²) in [5.41, 5.74) is -0.0801. The first-order chi connectivity index (χ1) is 9.98. The third kappa shape index (κ3) is 2.41. The summed E-state index contributed by atoms with van der Waals surface area (Å²) in [6, 6.07) is 0.587. The fourth-order valence-corrected chi connectivity index (χ4v) is 4.50. The van der Waals surface area contributed by atoms with E-state index in [4.69, 9.17) is 0 Å². The molecule has 1 heterocycles. The molecule has 4 unspecified atom stereocenters. The summed E-state index contributed by atoms with van der Waals surface area (Å²) in [7, 11) is 0. The van der Waals surface area contributed by atoms with Crippen molar-refractivity contribution in [1.29, 1.82) is 0 Å². The average Bonchev–Trinajstić information content (AvgIpc) is 2.75. The maximum Gasteiger partial charge on any atom is 0.233 e. The zero-order valence-corrected chi connectivity index (χ0v) is 13.5. The molecule has 0 aromatic rings. The fraction of sp³-hybridized carbons (Fsp3) is 0.882. The molecule has 0 bridgehead atoms. The molecular formula is C17H28N2O2. The van der Waals surface area contributed by atoms with Gasteiger partial charge >= 0.3 is 0 Å². The molecule has 1 aliphatic heterocycles. The number of hydrogen-bond acceptors (Lipinski definition) is 3. The SMILES string of the molecule is CCCNC1CCCC1CCN1C(=O)C2C(C1=O)C2(C)C. The lowest BCUT2D eigenvalue weighted by molar-refractivity contribution is -0.143. The van der Waals surface area contributed by atoms with Crippen LogP contribution >= 0.6 is 0 Å². The summed E-state index contributed by atoms with van der Waals surface area (Å²) in [5, 5.41) is 3.62. The summed E-state index contributed by atoms with van der Waals surface area (Å²) in [6.45, 7) is 7.97. The molecule has 2 aliphatic carbocycles. The van der Waals surface area contributed by atoms with Crippen molar-refractivity contribution in [3.05, 3.63) is 0 Å². The summed E-state index contributed by atoms with van der Waals surface area (Å²) >= 11 is 0. The first-order valence-electron chi connectivity index (χ1n) is 8.57. The predicted octanol–water partition coefficient (Wildman–Crippen LogP) is 2.19. The van der Waals surface area contributed by atoms with Crippen LogP contribution in [-0.2, 0) is 9.59 Å². The van der Waals surface area contributed by atoms with Gasteiger partial charge in [0.15, 0.2) is 0 Å². The van der Waals surface area contributed by atoms with Gasteiger partial charge in [-0.15, -0.1) is 0 Å². The van der Waals surface area contributed by atoms with Crippen LogP contribution in [0, 0.1) is 23.2 Å². The van der Waals surface area contributed by atoms with Crippen molar-refractivity contribution in [3.63, 3.8) is 0 Å². The first kappa shape index (κ1) is 15.0. The van der Waals surface area contributed by atoms with Gasteiger partial charge in [0.05, 0.1) is 11.8 Å². The van der Waals surface area contributed by atoms with E-state index in [1.165, 1.54) is 19.3 Å². The maximum atomic E-state index is 12.3. The van der Waals surface area contributed by atoms with E-state index in [1.807, 2.05) is 13.8 Å². The second-order valence-corrected chi connectivity index (χ2v) is 7.65. The largest absolute Gasteiger partial charge is 0.314 e. The third-order valence-corrected chi connectivity index (χ3v) is 5.93. The van der Waals surface area contributed by atoms with Crippen molar-refractivity contribution in [2.24, 2.45) is 23.2 Å². The van der Waals surface area contributed by atoms with E-state index in [9.17, 15) is 9.59 Å². The second kappa shape index (κ2) is 5.38. The van der Waals surface area contributed by atoms with Gasteiger partial charge < -0.3 is 5.32 Å². The highest BCUT2D eigenvalue weighted by molar-refractivity contribution is 6.10. The maximum absolute atomic E-state index is 12.3. The van der Waals surface area contributed by atoms with Gasteiger partial charge in [-0.3, -0.25) is 14.5 Å². The molecule has 4 heteroatoms. The molecule has 1 saturated heterocycles. The number of rotatable bonds is 6. The molecule has 0 aromatic heterocycles. The Hall–Kier alpha value is -0.900. The molecule has 0 aromatic carbocycles. The Labute approximate surface area is 127 Å². The van der Waals surface area contributed by atoms with Crippen molar-refractivity contribution < 1.29 is 9.59 Å². The summed E-state index contributed by atoms with van der Waals surface area (Å²) in [5.74, 6) is 0.754. The lowest BCUT2D eigenvalue weighted by Crippen LogP contribution is -2.39. The zero-order valence-electron chi connectivity index (χ0n) is 13.5. The van der Waals surface area contributed by atoms with E-state index in [2.05, 4.69) is 12.2 Å². The summed E-state index contributed by atoms with van der Waals surface area (Å²) in [6.07, 6.45) is 5.87. The Bertz CT molecular complexity index is 422. The zero-order chi connectivity index (χ0) is 15.2. The standard InChI is InChI=1S/C17H28N2O2/c1-4-9-18-12-7-5-6-11(12)8-10-19-15(20)13-14(16(19)21)17(13,2)3/h11-14,18H,4-10H2,1-3H3. The molecule has 3 fully saturated rings. The van der Waals surface area contributed by atoms with Gasteiger partial charge in [0, 0.05) is 12.6 Å². The van der Waals surface area contributed by atoms with Gasteiger partial charge in [-0.25, -0.2) is 0 Å². The monoisotopic (exact) mass is 292 g/mol. The molecular weight excluding hydrogens is 264 g/mol. The molecule has 1 N–H and O–H groups in total. The van der Waals surface area contributed by atoms with Crippen LogP contribution in [0.5, 0.6) is 0 Å². The van der Waals surface area contributed by atoms with Crippen molar-refractivity contribution >= 4 is 11.8 Å². The number of nitrogens with zero attached hydrogens (tertiary/aromatic N) is 1. The van der Waals surface area contributed by atoms with Crippen molar-refractivity contribution in [3.8, 4) is 0 Å². The smallest absolute Gasteiger partial charge is 0.233 e. The van der Waals surface area contributed by atoms with Crippen LogP contribution in [0.4, 0.5) is 0 Å². The quantitative estimate of drug-likeness (QED) is 0.763. The normalized spacial score (nSPS) is 37.2.